The summed E-state index contributed by atoms with van der Waals surface area (Å²) in [6.45, 7) is 0.486. The molecule has 27 heavy (non-hydrogen) atoms. The van der Waals surface area contributed by atoms with Crippen LogP contribution in [0.1, 0.15) is 19.8 Å². The van der Waals surface area contributed by atoms with Gasteiger partial charge in [-0.05, 0) is 37.8 Å². The van der Waals surface area contributed by atoms with E-state index < -0.39 is 24.7 Å². The van der Waals surface area contributed by atoms with Gasteiger partial charge >= 0.3 is 6.18 Å². The lowest BCUT2D eigenvalue weighted by Crippen LogP contribution is -2.46. The Morgan fingerprint density at radius 1 is 1.33 bits per heavy atom. The average Bonchev–Trinajstić information content (AvgIpc) is 3.38. The van der Waals surface area contributed by atoms with E-state index in [0.717, 1.165) is 35.2 Å². The minimum atomic E-state index is -4.40. The quantitative estimate of drug-likeness (QED) is 0.639. The molecule has 1 unspecified atom stereocenters. The highest BCUT2D eigenvalue weighted by atomic mass is 32.2. The monoisotopic (exact) mass is 416 g/mol. The minimum absolute atomic E-state index is 0.0902. The molecule has 5 nitrogen and oxygen atoms in total. The number of carbonyl (C=O) groups excluding carboxylic acids is 1. The Labute approximate surface area is 163 Å². The molecule has 1 aromatic carbocycles. The summed E-state index contributed by atoms with van der Waals surface area (Å²) in [5.41, 5.74) is 0.857. The second-order valence-corrected chi connectivity index (χ2v) is 8.57. The lowest BCUT2D eigenvalue weighted by molar-refractivity contribution is -0.164. The molecule has 0 aliphatic heterocycles. The van der Waals surface area contributed by atoms with Gasteiger partial charge in [-0.2, -0.15) is 13.2 Å². The third-order valence-electron chi connectivity index (χ3n) is 4.22. The van der Waals surface area contributed by atoms with E-state index in [1.807, 2.05) is 30.3 Å². The van der Waals surface area contributed by atoms with Crippen molar-refractivity contribution in [2.75, 3.05) is 17.6 Å². The van der Waals surface area contributed by atoms with Gasteiger partial charge in [0, 0.05) is 11.7 Å². The normalized spacial score (nSPS) is 15.4. The first-order chi connectivity index (χ1) is 12.8. The number of aromatic nitrogens is 2. The Balaban J connectivity index is 1.56. The van der Waals surface area contributed by atoms with Crippen LogP contribution >= 0.6 is 23.1 Å². The number of hydrogen-bond donors (Lipinski definition) is 1. The van der Waals surface area contributed by atoms with Crippen molar-refractivity contribution >= 4 is 39.8 Å². The Bertz CT molecular complexity index is 765. The highest BCUT2D eigenvalue weighted by molar-refractivity contribution is 8.01. The van der Waals surface area contributed by atoms with Crippen LogP contribution in [0.15, 0.2) is 34.7 Å². The van der Waals surface area contributed by atoms with Gasteiger partial charge < -0.3 is 10.2 Å². The van der Waals surface area contributed by atoms with Crippen LogP contribution in [0.3, 0.4) is 0 Å². The molecule has 1 heterocycles. The third kappa shape index (κ3) is 6.10. The molecule has 1 saturated carbocycles. The van der Waals surface area contributed by atoms with E-state index in [1.54, 1.807) is 6.92 Å². The van der Waals surface area contributed by atoms with Gasteiger partial charge in [-0.1, -0.05) is 41.3 Å². The van der Waals surface area contributed by atoms with E-state index in [-0.39, 0.29) is 11.7 Å². The van der Waals surface area contributed by atoms with Crippen LogP contribution in [0.25, 0.3) is 0 Å². The van der Waals surface area contributed by atoms with Crippen molar-refractivity contribution in [1.29, 1.82) is 0 Å². The molecule has 10 heteroatoms. The van der Waals surface area contributed by atoms with E-state index in [0.29, 0.717) is 9.47 Å². The number of nitrogens with one attached hydrogen (secondary N) is 1. The maximum Gasteiger partial charge on any atom is 0.406 e. The van der Waals surface area contributed by atoms with Crippen molar-refractivity contribution in [3.8, 4) is 0 Å². The zero-order chi connectivity index (χ0) is 19.4. The molecular formula is C17H19F3N4OS2. The molecule has 1 aliphatic rings. The summed E-state index contributed by atoms with van der Waals surface area (Å²) in [6, 6.07) is 9.03. The van der Waals surface area contributed by atoms with E-state index in [1.165, 1.54) is 11.3 Å². The standard InChI is InChI=1S/C17H19F3N4OS2/c1-11(12-7-8-12)24(10-17(18,19)20)14(25)9-26-16-23-22-15(27-16)21-13-5-3-2-4-6-13/h2-6,11-12H,7-10H2,1H3,(H,21,22). The van der Waals surface area contributed by atoms with Gasteiger partial charge in [0.25, 0.3) is 0 Å². The Morgan fingerprint density at radius 3 is 2.67 bits per heavy atom. The van der Waals surface area contributed by atoms with E-state index in [9.17, 15) is 18.0 Å². The number of thioether (sulfide) groups is 1. The fourth-order valence-corrected chi connectivity index (χ4v) is 4.31. The average molecular weight is 416 g/mol. The number of benzene rings is 1. The molecule has 0 bridgehead atoms. The number of rotatable bonds is 8. The Kier molecular flexibility index (Phi) is 6.25. The second-order valence-electron chi connectivity index (χ2n) is 6.37. The Morgan fingerprint density at radius 2 is 2.04 bits per heavy atom. The molecule has 1 N–H and O–H groups in total. The highest BCUT2D eigenvalue weighted by Gasteiger charge is 2.40. The third-order valence-corrected chi connectivity index (χ3v) is 6.17. The number of amides is 1. The van der Waals surface area contributed by atoms with E-state index in [2.05, 4.69) is 15.5 Å². The molecule has 0 saturated heterocycles. The first-order valence-corrected chi connectivity index (χ1v) is 10.3. The predicted octanol–water partition coefficient (Wildman–Crippen LogP) is 4.56. The lowest BCUT2D eigenvalue weighted by atomic mass is 10.2. The lowest BCUT2D eigenvalue weighted by Gasteiger charge is -2.30. The fourth-order valence-electron chi connectivity index (χ4n) is 2.66. The van der Waals surface area contributed by atoms with Crippen LogP contribution < -0.4 is 5.32 Å². The topological polar surface area (TPSA) is 58.1 Å². The summed E-state index contributed by atoms with van der Waals surface area (Å²) in [5, 5.41) is 11.6. The van der Waals surface area contributed by atoms with Gasteiger partial charge in [-0.15, -0.1) is 10.2 Å². The van der Waals surface area contributed by atoms with Gasteiger partial charge in [0.05, 0.1) is 5.75 Å². The largest absolute Gasteiger partial charge is 0.406 e. The van der Waals surface area contributed by atoms with Crippen LogP contribution in [-0.2, 0) is 4.79 Å². The smallest absolute Gasteiger partial charge is 0.330 e. The summed E-state index contributed by atoms with van der Waals surface area (Å²) < 4.78 is 39.1. The highest BCUT2D eigenvalue weighted by Crippen LogP contribution is 2.37. The maximum absolute atomic E-state index is 12.9. The van der Waals surface area contributed by atoms with Crippen LogP contribution in [0.4, 0.5) is 24.0 Å². The van der Waals surface area contributed by atoms with Crippen molar-refractivity contribution in [3.05, 3.63) is 30.3 Å². The number of carbonyl (C=O) groups is 1. The molecule has 146 valence electrons. The summed E-state index contributed by atoms with van der Waals surface area (Å²) in [4.78, 5) is 13.4. The van der Waals surface area contributed by atoms with Crippen LogP contribution in [-0.4, -0.2) is 45.5 Å². The molecule has 1 aliphatic carbocycles. The van der Waals surface area contributed by atoms with E-state index in [4.69, 9.17) is 0 Å². The number of nitrogens with zero attached hydrogens (tertiary/aromatic N) is 3. The first-order valence-electron chi connectivity index (χ1n) is 8.46. The summed E-state index contributed by atoms with van der Waals surface area (Å²) in [7, 11) is 0. The Hall–Kier alpha value is -1.81. The molecule has 1 amide bonds. The molecule has 0 spiro atoms. The van der Waals surface area contributed by atoms with Crippen molar-refractivity contribution < 1.29 is 18.0 Å². The van der Waals surface area contributed by atoms with Crippen LogP contribution in [0, 0.1) is 5.92 Å². The summed E-state index contributed by atoms with van der Waals surface area (Å²) >= 11 is 2.37. The molecule has 3 rings (SSSR count). The molecule has 1 fully saturated rings. The molecule has 1 aromatic heterocycles. The van der Waals surface area contributed by atoms with Crippen molar-refractivity contribution in [2.45, 2.75) is 36.3 Å². The number of anilines is 2. The second kappa shape index (κ2) is 8.47. The van der Waals surface area contributed by atoms with E-state index >= 15 is 0 Å². The van der Waals surface area contributed by atoms with Gasteiger partial charge in [0.2, 0.25) is 11.0 Å². The number of para-hydroxylation sites is 1. The van der Waals surface area contributed by atoms with Crippen molar-refractivity contribution in [2.24, 2.45) is 5.92 Å². The molecule has 2 aromatic rings. The molecule has 0 radical (unpaired) electrons. The van der Waals surface area contributed by atoms with Crippen molar-refractivity contribution in [3.63, 3.8) is 0 Å². The number of halogens is 3. The fraction of sp³-hybridized carbons (Fsp3) is 0.471. The molecular weight excluding hydrogens is 397 g/mol. The van der Waals surface area contributed by atoms with Gasteiger partial charge in [0.15, 0.2) is 4.34 Å². The van der Waals surface area contributed by atoms with Gasteiger partial charge in [0.1, 0.15) is 6.54 Å². The van der Waals surface area contributed by atoms with Gasteiger partial charge in [-0.25, -0.2) is 0 Å². The van der Waals surface area contributed by atoms with Gasteiger partial charge in [-0.3, -0.25) is 4.79 Å². The van der Waals surface area contributed by atoms with Crippen LogP contribution in [0.5, 0.6) is 0 Å². The first kappa shape index (κ1) is 19.9. The molecule has 1 atom stereocenters. The maximum atomic E-state index is 12.9. The zero-order valence-electron chi connectivity index (χ0n) is 14.6. The summed E-state index contributed by atoms with van der Waals surface area (Å²) in [6.07, 6.45) is -2.65. The van der Waals surface area contributed by atoms with Crippen molar-refractivity contribution in [1.82, 2.24) is 15.1 Å². The summed E-state index contributed by atoms with van der Waals surface area (Å²) in [5.74, 6) is -0.443. The van der Waals surface area contributed by atoms with Crippen LogP contribution in [0.2, 0.25) is 0 Å². The number of hydrogen-bond acceptors (Lipinski definition) is 6. The minimum Gasteiger partial charge on any atom is -0.330 e. The SMILES string of the molecule is CC(C1CC1)N(CC(F)(F)F)C(=O)CSc1nnc(Nc2ccccc2)s1. The predicted molar refractivity (Wildman–Crippen MR) is 100 cm³/mol. The zero-order valence-corrected chi connectivity index (χ0v) is 16.2. The number of alkyl halides is 3.